The fourth-order valence-electron chi connectivity index (χ4n) is 3.58. The van der Waals surface area contributed by atoms with Crippen LogP contribution in [0.3, 0.4) is 0 Å². The molecule has 0 unspecified atom stereocenters. The van der Waals surface area contributed by atoms with Gasteiger partial charge in [0.2, 0.25) is 5.91 Å². The Balaban J connectivity index is 1.37. The van der Waals surface area contributed by atoms with Crippen molar-refractivity contribution in [3.05, 3.63) is 53.6 Å². The van der Waals surface area contributed by atoms with Gasteiger partial charge in [-0.25, -0.2) is 0 Å². The molecule has 0 spiro atoms. The average Bonchev–Trinajstić information content (AvgIpc) is 2.98. The number of piperidine rings is 1. The highest BCUT2D eigenvalue weighted by Gasteiger charge is 2.19. The van der Waals surface area contributed by atoms with E-state index in [1.165, 1.54) is 22.3 Å². The summed E-state index contributed by atoms with van der Waals surface area (Å²) in [6.45, 7) is 2.07. The maximum atomic E-state index is 12.1. The van der Waals surface area contributed by atoms with Gasteiger partial charge in [0.05, 0.1) is 6.10 Å². The largest absolute Gasteiger partial charge is 0.368 e. The van der Waals surface area contributed by atoms with Crippen molar-refractivity contribution in [2.24, 2.45) is 0 Å². The first-order chi connectivity index (χ1) is 11.8. The second kappa shape index (κ2) is 6.75. The Morgan fingerprint density at radius 1 is 1.08 bits per heavy atom. The molecular weight excluding hydrogens is 300 g/mol. The molecule has 1 fully saturated rings. The summed E-state index contributed by atoms with van der Waals surface area (Å²) in [5, 5.41) is 6.25. The standard InChI is InChI=1S/C20H22N2O2/c23-20(13-24-17-7-9-21-10-8-17)22-16-5-6-19-15(12-16)11-14-3-1-2-4-18(14)19/h1-6,12,17,21H,7-11,13H2,(H,22,23). The Morgan fingerprint density at radius 2 is 1.88 bits per heavy atom. The van der Waals surface area contributed by atoms with E-state index in [2.05, 4.69) is 47.0 Å². The third-order valence-electron chi connectivity index (χ3n) is 4.81. The number of ether oxygens (including phenoxy) is 1. The number of nitrogens with one attached hydrogen (secondary N) is 2. The zero-order chi connectivity index (χ0) is 16.4. The number of benzene rings is 2. The molecule has 0 radical (unpaired) electrons. The van der Waals surface area contributed by atoms with Gasteiger partial charge >= 0.3 is 0 Å². The summed E-state index contributed by atoms with van der Waals surface area (Å²) in [5.41, 5.74) is 6.05. The number of anilines is 1. The van der Waals surface area contributed by atoms with Crippen LogP contribution in [0.2, 0.25) is 0 Å². The Bertz CT molecular complexity index is 751. The molecular formula is C20H22N2O2. The van der Waals surface area contributed by atoms with Gasteiger partial charge in [0, 0.05) is 5.69 Å². The molecule has 1 aliphatic carbocycles. The molecule has 1 heterocycles. The second-order valence-electron chi connectivity index (χ2n) is 6.51. The van der Waals surface area contributed by atoms with Gasteiger partial charge in [-0.15, -0.1) is 0 Å². The molecule has 2 aromatic rings. The van der Waals surface area contributed by atoms with Gasteiger partial charge in [0.25, 0.3) is 0 Å². The van der Waals surface area contributed by atoms with Gasteiger partial charge in [-0.3, -0.25) is 4.79 Å². The van der Waals surface area contributed by atoms with E-state index in [-0.39, 0.29) is 18.6 Å². The van der Waals surface area contributed by atoms with Crippen LogP contribution in [0.4, 0.5) is 5.69 Å². The van der Waals surface area contributed by atoms with Crippen molar-refractivity contribution >= 4 is 11.6 Å². The highest BCUT2D eigenvalue weighted by Crippen LogP contribution is 2.37. The summed E-state index contributed by atoms with van der Waals surface area (Å²) in [7, 11) is 0. The summed E-state index contributed by atoms with van der Waals surface area (Å²) < 4.78 is 5.71. The molecule has 2 N–H and O–H groups in total. The normalized spacial score (nSPS) is 16.5. The Kier molecular flexibility index (Phi) is 4.32. The number of fused-ring (bicyclic) bond motifs is 3. The van der Waals surface area contributed by atoms with E-state index in [4.69, 9.17) is 4.74 Å². The van der Waals surface area contributed by atoms with Gasteiger partial charge in [0.1, 0.15) is 6.61 Å². The maximum Gasteiger partial charge on any atom is 0.250 e. The Morgan fingerprint density at radius 3 is 2.75 bits per heavy atom. The summed E-state index contributed by atoms with van der Waals surface area (Å²) in [6, 6.07) is 14.6. The van der Waals surface area contributed by atoms with Gasteiger partial charge in [-0.2, -0.15) is 0 Å². The van der Waals surface area contributed by atoms with E-state index in [1.54, 1.807) is 0 Å². The molecule has 4 rings (SSSR count). The Hall–Kier alpha value is -2.17. The van der Waals surface area contributed by atoms with Crippen LogP contribution in [0.25, 0.3) is 11.1 Å². The van der Waals surface area contributed by atoms with Gasteiger partial charge in [0.15, 0.2) is 0 Å². The molecule has 4 heteroatoms. The summed E-state index contributed by atoms with van der Waals surface area (Å²) in [4.78, 5) is 12.1. The van der Waals surface area contributed by atoms with Gasteiger partial charge in [-0.05, 0) is 66.7 Å². The molecule has 24 heavy (non-hydrogen) atoms. The van der Waals surface area contributed by atoms with Crippen molar-refractivity contribution in [2.75, 3.05) is 25.0 Å². The Labute approximate surface area is 142 Å². The van der Waals surface area contributed by atoms with Crippen molar-refractivity contribution in [3.63, 3.8) is 0 Å². The number of hydrogen-bond acceptors (Lipinski definition) is 3. The molecule has 2 aliphatic rings. The van der Waals surface area contributed by atoms with Crippen LogP contribution in [-0.4, -0.2) is 31.7 Å². The van der Waals surface area contributed by atoms with Crippen LogP contribution in [-0.2, 0) is 16.0 Å². The van der Waals surface area contributed by atoms with Crippen LogP contribution < -0.4 is 10.6 Å². The lowest BCUT2D eigenvalue weighted by atomic mass is 10.1. The monoisotopic (exact) mass is 322 g/mol. The first-order valence-corrected chi connectivity index (χ1v) is 8.63. The topological polar surface area (TPSA) is 50.4 Å². The van der Waals surface area contributed by atoms with Crippen molar-refractivity contribution in [1.29, 1.82) is 0 Å². The third kappa shape index (κ3) is 3.21. The molecule has 0 aromatic heterocycles. The highest BCUT2D eigenvalue weighted by atomic mass is 16.5. The molecule has 2 aromatic carbocycles. The van der Waals surface area contributed by atoms with Crippen LogP contribution in [0.1, 0.15) is 24.0 Å². The fraction of sp³-hybridized carbons (Fsp3) is 0.350. The van der Waals surface area contributed by atoms with Crippen LogP contribution in [0.5, 0.6) is 0 Å². The van der Waals surface area contributed by atoms with E-state index in [1.807, 2.05) is 6.07 Å². The predicted octanol–water partition coefficient (Wildman–Crippen LogP) is 2.96. The smallest absolute Gasteiger partial charge is 0.250 e. The lowest BCUT2D eigenvalue weighted by Gasteiger charge is -2.22. The summed E-state index contributed by atoms with van der Waals surface area (Å²) >= 11 is 0. The lowest BCUT2D eigenvalue weighted by molar-refractivity contribution is -0.123. The maximum absolute atomic E-state index is 12.1. The summed E-state index contributed by atoms with van der Waals surface area (Å²) in [6.07, 6.45) is 3.08. The van der Waals surface area contributed by atoms with Crippen molar-refractivity contribution in [1.82, 2.24) is 5.32 Å². The van der Waals surface area contributed by atoms with E-state index < -0.39 is 0 Å². The number of amides is 1. The predicted molar refractivity (Wildman–Crippen MR) is 95.2 cm³/mol. The van der Waals surface area contributed by atoms with Crippen molar-refractivity contribution in [2.45, 2.75) is 25.4 Å². The zero-order valence-corrected chi connectivity index (χ0v) is 13.7. The van der Waals surface area contributed by atoms with E-state index in [0.29, 0.717) is 0 Å². The van der Waals surface area contributed by atoms with Crippen LogP contribution in [0.15, 0.2) is 42.5 Å². The number of hydrogen-bond donors (Lipinski definition) is 2. The van der Waals surface area contributed by atoms with E-state index in [9.17, 15) is 4.79 Å². The molecule has 1 saturated heterocycles. The minimum absolute atomic E-state index is 0.0796. The average molecular weight is 322 g/mol. The molecule has 1 amide bonds. The zero-order valence-electron chi connectivity index (χ0n) is 13.7. The number of carbonyl (C=O) groups is 1. The van der Waals surface area contributed by atoms with Crippen molar-refractivity contribution < 1.29 is 9.53 Å². The molecule has 1 aliphatic heterocycles. The molecule has 0 bridgehead atoms. The first kappa shape index (κ1) is 15.4. The van der Waals surface area contributed by atoms with Crippen LogP contribution >= 0.6 is 0 Å². The second-order valence-corrected chi connectivity index (χ2v) is 6.51. The van der Waals surface area contributed by atoms with E-state index in [0.717, 1.165) is 38.0 Å². The lowest BCUT2D eigenvalue weighted by Crippen LogP contribution is -2.34. The molecule has 0 saturated carbocycles. The molecule has 4 nitrogen and oxygen atoms in total. The van der Waals surface area contributed by atoms with Crippen LogP contribution in [0, 0.1) is 0 Å². The highest BCUT2D eigenvalue weighted by molar-refractivity contribution is 5.92. The fourth-order valence-corrected chi connectivity index (χ4v) is 3.58. The third-order valence-corrected chi connectivity index (χ3v) is 4.81. The molecule has 0 atom stereocenters. The minimum atomic E-state index is -0.0796. The SMILES string of the molecule is O=C(COC1CCNCC1)Nc1ccc2c(c1)Cc1ccccc1-2. The number of rotatable bonds is 4. The number of carbonyl (C=O) groups excluding carboxylic acids is 1. The van der Waals surface area contributed by atoms with Crippen molar-refractivity contribution in [3.8, 4) is 11.1 Å². The van der Waals surface area contributed by atoms with Gasteiger partial charge < -0.3 is 15.4 Å². The summed E-state index contributed by atoms with van der Waals surface area (Å²) in [5.74, 6) is -0.0796. The first-order valence-electron chi connectivity index (χ1n) is 8.63. The van der Waals surface area contributed by atoms with Gasteiger partial charge in [-0.1, -0.05) is 30.3 Å². The minimum Gasteiger partial charge on any atom is -0.368 e. The molecule has 124 valence electrons. The van der Waals surface area contributed by atoms with E-state index >= 15 is 0 Å². The quantitative estimate of drug-likeness (QED) is 0.776.